The van der Waals surface area contributed by atoms with Gasteiger partial charge in [-0.1, -0.05) is 0 Å². The molecule has 0 aliphatic carbocycles. The zero-order valence-electron chi connectivity index (χ0n) is 10.2. The van der Waals surface area contributed by atoms with Crippen LogP contribution >= 0.6 is 15.9 Å². The van der Waals surface area contributed by atoms with Crippen molar-refractivity contribution in [3.8, 4) is 22.8 Å². The fourth-order valence-electron chi connectivity index (χ4n) is 1.73. The van der Waals surface area contributed by atoms with Crippen LogP contribution in [-0.4, -0.2) is 33.1 Å². The summed E-state index contributed by atoms with van der Waals surface area (Å²) in [5.41, 5.74) is 0.849. The lowest BCUT2D eigenvalue weighted by Gasteiger charge is -2.09. The number of aromatic carboxylic acids is 1. The van der Waals surface area contributed by atoms with Crippen molar-refractivity contribution < 1.29 is 19.7 Å². The minimum atomic E-state index is -1.12. The lowest BCUT2D eigenvalue weighted by molar-refractivity contribution is 0.0689. The van der Waals surface area contributed by atoms with E-state index in [0.29, 0.717) is 21.5 Å². The van der Waals surface area contributed by atoms with E-state index in [9.17, 15) is 9.90 Å². The first kappa shape index (κ1) is 13.4. The van der Waals surface area contributed by atoms with Crippen LogP contribution in [0.25, 0.3) is 11.3 Å². The van der Waals surface area contributed by atoms with E-state index in [0.717, 1.165) is 0 Å². The molecule has 1 heterocycles. The number of hydrogen-bond acceptors (Lipinski definition) is 4. The summed E-state index contributed by atoms with van der Waals surface area (Å²) in [6, 6.07) is 4.49. The summed E-state index contributed by atoms with van der Waals surface area (Å²) < 4.78 is 7.16. The quantitative estimate of drug-likeness (QED) is 0.903. The predicted octanol–water partition coefficient (Wildman–Crippen LogP) is 2.26. The first-order valence-corrected chi connectivity index (χ1v) is 6.07. The zero-order chi connectivity index (χ0) is 14.2. The lowest BCUT2D eigenvalue weighted by atomic mass is 10.1. The van der Waals surface area contributed by atoms with Crippen LogP contribution in [0.1, 0.15) is 10.5 Å². The molecular formula is C12H11BrN2O4. The van der Waals surface area contributed by atoms with Crippen molar-refractivity contribution in [3.63, 3.8) is 0 Å². The average Bonchev–Trinajstić information content (AvgIpc) is 2.72. The first-order chi connectivity index (χ1) is 8.93. The number of hydrogen-bond donors (Lipinski definition) is 2. The number of aryl methyl sites for hydroxylation is 1. The van der Waals surface area contributed by atoms with Crippen LogP contribution in [0.3, 0.4) is 0 Å². The van der Waals surface area contributed by atoms with Crippen molar-refractivity contribution in [2.75, 3.05) is 7.11 Å². The van der Waals surface area contributed by atoms with Gasteiger partial charge in [-0.3, -0.25) is 4.68 Å². The van der Waals surface area contributed by atoms with Crippen molar-refractivity contribution in [2.24, 2.45) is 7.05 Å². The molecule has 0 aliphatic heterocycles. The second-order valence-corrected chi connectivity index (χ2v) is 4.70. The summed E-state index contributed by atoms with van der Waals surface area (Å²) in [5.74, 6) is -0.580. The monoisotopic (exact) mass is 326 g/mol. The number of aromatic nitrogens is 2. The molecule has 1 aromatic heterocycles. The highest BCUT2D eigenvalue weighted by molar-refractivity contribution is 9.10. The minimum absolute atomic E-state index is 0.00705. The molecule has 0 fully saturated rings. The van der Waals surface area contributed by atoms with Gasteiger partial charge in [0, 0.05) is 12.6 Å². The van der Waals surface area contributed by atoms with Gasteiger partial charge in [0.05, 0.1) is 17.3 Å². The van der Waals surface area contributed by atoms with Gasteiger partial charge in [0.15, 0.2) is 5.69 Å². The number of rotatable bonds is 3. The third-order valence-electron chi connectivity index (χ3n) is 2.65. The maximum absolute atomic E-state index is 10.9. The second kappa shape index (κ2) is 4.93. The molecular weight excluding hydrogens is 316 g/mol. The molecule has 1 aromatic carbocycles. The summed E-state index contributed by atoms with van der Waals surface area (Å²) in [6.45, 7) is 0. The number of phenolic OH excluding ortho intramolecular Hbond substituents is 1. The molecule has 19 heavy (non-hydrogen) atoms. The highest BCUT2D eigenvalue weighted by atomic mass is 79.9. The molecule has 100 valence electrons. The summed E-state index contributed by atoms with van der Waals surface area (Å²) in [5, 5.41) is 22.7. The molecule has 2 N–H and O–H groups in total. The standard InChI is InChI=1S/C12H11BrN2O4/c1-15-9(5-8(14-15)12(17)18)6-3-11(19-2)7(13)4-10(6)16/h3-5,16H,1-2H3,(H,17,18). The molecule has 2 aromatic rings. The number of carbonyl (C=O) groups is 1. The third-order valence-corrected chi connectivity index (χ3v) is 3.26. The van der Waals surface area contributed by atoms with Crippen molar-refractivity contribution >= 4 is 21.9 Å². The Hall–Kier alpha value is -2.02. The van der Waals surface area contributed by atoms with Gasteiger partial charge in [-0.05, 0) is 34.1 Å². The number of halogens is 1. The molecule has 0 unspecified atom stereocenters. The van der Waals surface area contributed by atoms with Crippen molar-refractivity contribution in [2.45, 2.75) is 0 Å². The summed E-state index contributed by atoms with van der Waals surface area (Å²) in [6.07, 6.45) is 0. The van der Waals surface area contributed by atoms with Gasteiger partial charge >= 0.3 is 5.97 Å². The number of ether oxygens (including phenoxy) is 1. The van der Waals surface area contributed by atoms with Crippen LogP contribution in [0, 0.1) is 0 Å². The maximum atomic E-state index is 10.9. The Labute approximate surface area is 117 Å². The largest absolute Gasteiger partial charge is 0.507 e. The molecule has 0 saturated carbocycles. The van der Waals surface area contributed by atoms with Crippen molar-refractivity contribution in [1.82, 2.24) is 9.78 Å². The highest BCUT2D eigenvalue weighted by Crippen LogP contribution is 2.37. The van der Waals surface area contributed by atoms with E-state index in [2.05, 4.69) is 21.0 Å². The molecule has 0 spiro atoms. The summed E-state index contributed by atoms with van der Waals surface area (Å²) in [4.78, 5) is 10.9. The Balaban J connectivity index is 2.61. The normalized spacial score (nSPS) is 10.5. The lowest BCUT2D eigenvalue weighted by Crippen LogP contribution is -1.99. The van der Waals surface area contributed by atoms with E-state index >= 15 is 0 Å². The average molecular weight is 327 g/mol. The number of benzene rings is 1. The molecule has 0 bridgehead atoms. The smallest absolute Gasteiger partial charge is 0.356 e. The Kier molecular flexibility index (Phi) is 3.48. The van der Waals surface area contributed by atoms with E-state index in [-0.39, 0.29) is 11.4 Å². The topological polar surface area (TPSA) is 84.6 Å². The van der Waals surface area contributed by atoms with Crippen LogP contribution in [0.2, 0.25) is 0 Å². The van der Waals surface area contributed by atoms with E-state index in [1.165, 1.54) is 23.9 Å². The highest BCUT2D eigenvalue weighted by Gasteiger charge is 2.17. The van der Waals surface area contributed by atoms with E-state index in [1.807, 2.05) is 0 Å². The van der Waals surface area contributed by atoms with E-state index in [4.69, 9.17) is 9.84 Å². The molecule has 0 amide bonds. The molecule has 0 saturated heterocycles. The van der Waals surface area contributed by atoms with Gasteiger partial charge in [-0.25, -0.2) is 4.79 Å². The van der Waals surface area contributed by atoms with E-state index < -0.39 is 5.97 Å². The number of carboxylic acid groups (broad SMARTS) is 1. The molecule has 2 rings (SSSR count). The van der Waals surface area contributed by atoms with Crippen LogP contribution in [-0.2, 0) is 7.05 Å². The van der Waals surface area contributed by atoms with Crippen LogP contribution < -0.4 is 4.74 Å². The number of aromatic hydroxyl groups is 1. The van der Waals surface area contributed by atoms with Crippen LogP contribution in [0.15, 0.2) is 22.7 Å². The van der Waals surface area contributed by atoms with Crippen molar-refractivity contribution in [3.05, 3.63) is 28.4 Å². The number of phenols is 1. The summed E-state index contributed by atoms with van der Waals surface area (Å²) >= 11 is 3.26. The van der Waals surface area contributed by atoms with Gasteiger partial charge in [0.1, 0.15) is 11.5 Å². The minimum Gasteiger partial charge on any atom is -0.507 e. The number of carboxylic acids is 1. The molecule has 7 heteroatoms. The van der Waals surface area contributed by atoms with Gasteiger partial charge in [0.2, 0.25) is 0 Å². The number of methoxy groups -OCH3 is 1. The fraction of sp³-hybridized carbons (Fsp3) is 0.167. The maximum Gasteiger partial charge on any atom is 0.356 e. The van der Waals surface area contributed by atoms with E-state index in [1.54, 1.807) is 13.1 Å². The Morgan fingerprint density at radius 3 is 2.63 bits per heavy atom. The molecule has 0 radical (unpaired) electrons. The van der Waals surface area contributed by atoms with Gasteiger partial charge in [0.25, 0.3) is 0 Å². The second-order valence-electron chi connectivity index (χ2n) is 3.85. The van der Waals surface area contributed by atoms with Gasteiger partial charge in [-0.2, -0.15) is 5.10 Å². The Bertz CT molecular complexity index is 651. The first-order valence-electron chi connectivity index (χ1n) is 5.28. The molecule has 6 nitrogen and oxygen atoms in total. The van der Waals surface area contributed by atoms with Crippen LogP contribution in [0.5, 0.6) is 11.5 Å². The third kappa shape index (κ3) is 2.41. The summed E-state index contributed by atoms with van der Waals surface area (Å²) in [7, 11) is 3.11. The SMILES string of the molecule is COc1cc(-c2cc(C(=O)O)nn2C)c(O)cc1Br. The van der Waals surface area contributed by atoms with Gasteiger partial charge < -0.3 is 14.9 Å². The molecule has 0 atom stereocenters. The van der Waals surface area contributed by atoms with Crippen molar-refractivity contribution in [1.29, 1.82) is 0 Å². The zero-order valence-corrected chi connectivity index (χ0v) is 11.8. The Morgan fingerprint density at radius 2 is 2.11 bits per heavy atom. The Morgan fingerprint density at radius 1 is 1.42 bits per heavy atom. The van der Waals surface area contributed by atoms with Crippen LogP contribution in [0.4, 0.5) is 0 Å². The predicted molar refractivity (Wildman–Crippen MR) is 71.5 cm³/mol. The van der Waals surface area contributed by atoms with Gasteiger partial charge in [-0.15, -0.1) is 0 Å². The fourth-order valence-corrected chi connectivity index (χ4v) is 2.22. The molecule has 0 aliphatic rings. The number of nitrogens with zero attached hydrogens (tertiary/aromatic N) is 2.